The average Bonchev–Trinajstić information content (AvgIpc) is 3.85. The number of hydrogen-bond donors (Lipinski definition) is 2. The Kier molecular flexibility index (Phi) is 8.33. The molecule has 6 heteroatoms. The van der Waals surface area contributed by atoms with Crippen LogP contribution in [0.25, 0.3) is 77.0 Å². The maximum absolute atomic E-state index is 11.6. The number of thiazole rings is 2. The number of benzene rings is 6. The van der Waals surface area contributed by atoms with Crippen molar-refractivity contribution in [1.29, 1.82) is 0 Å². The van der Waals surface area contributed by atoms with Crippen LogP contribution in [0.2, 0.25) is 0 Å². The number of aromatic nitrogens is 2. The van der Waals surface area contributed by atoms with E-state index in [0.717, 1.165) is 88.2 Å². The van der Waals surface area contributed by atoms with E-state index in [9.17, 15) is 10.2 Å². The molecule has 0 spiro atoms. The van der Waals surface area contributed by atoms with E-state index in [-0.39, 0.29) is 11.5 Å². The van der Waals surface area contributed by atoms with Crippen molar-refractivity contribution < 1.29 is 10.2 Å². The van der Waals surface area contributed by atoms with Crippen molar-refractivity contribution in [1.82, 2.24) is 9.97 Å². The Hall–Kier alpha value is -5.82. The van der Waals surface area contributed by atoms with Crippen molar-refractivity contribution in [2.75, 3.05) is 0 Å². The Morgan fingerprint density at radius 3 is 1.14 bits per heavy atom. The van der Waals surface area contributed by atoms with Crippen molar-refractivity contribution in [2.24, 2.45) is 0 Å². The Bertz CT molecular complexity index is 2310. The zero-order chi connectivity index (χ0) is 34.2. The second-order valence-corrected chi connectivity index (χ2v) is 14.0. The summed E-state index contributed by atoms with van der Waals surface area (Å²) in [6.07, 6.45) is 0. The highest BCUT2D eigenvalue weighted by molar-refractivity contribution is 7.20. The minimum absolute atomic E-state index is 0.253. The third-order valence-corrected chi connectivity index (χ3v) is 10.7. The van der Waals surface area contributed by atoms with E-state index < -0.39 is 0 Å². The second kappa shape index (κ2) is 13.2. The van der Waals surface area contributed by atoms with Gasteiger partial charge in [-0.1, -0.05) is 109 Å². The molecule has 8 aromatic rings. The molecular weight excluding hydrogens is 653 g/mol. The van der Waals surface area contributed by atoms with E-state index in [4.69, 9.17) is 9.97 Å². The second-order valence-electron chi connectivity index (χ2n) is 12.3. The van der Waals surface area contributed by atoms with E-state index in [0.29, 0.717) is 0 Å². The maximum atomic E-state index is 11.6. The number of phenols is 2. The van der Waals surface area contributed by atoms with Gasteiger partial charge in [-0.05, 0) is 71.5 Å². The van der Waals surface area contributed by atoms with E-state index in [1.807, 2.05) is 121 Å². The van der Waals surface area contributed by atoms with Gasteiger partial charge in [0.1, 0.15) is 11.5 Å². The topological polar surface area (TPSA) is 66.2 Å². The quantitative estimate of drug-likeness (QED) is 0.175. The van der Waals surface area contributed by atoms with Crippen LogP contribution in [0.4, 0.5) is 0 Å². The predicted molar refractivity (Wildman–Crippen MR) is 209 cm³/mol. The van der Waals surface area contributed by atoms with E-state index >= 15 is 0 Å². The van der Waals surface area contributed by atoms with E-state index in [2.05, 4.69) is 36.7 Å². The summed E-state index contributed by atoms with van der Waals surface area (Å²) in [5.41, 5.74) is 12.6. The third kappa shape index (κ3) is 5.89. The van der Waals surface area contributed by atoms with Crippen molar-refractivity contribution in [3.8, 4) is 88.5 Å². The van der Waals surface area contributed by atoms with Gasteiger partial charge in [-0.15, -0.1) is 22.7 Å². The van der Waals surface area contributed by atoms with Crippen LogP contribution in [0.1, 0.15) is 11.1 Å². The first-order valence-corrected chi connectivity index (χ1v) is 18.1. The number of phenolic OH excluding ortho intramolecular Hbond substituents is 2. The Morgan fingerprint density at radius 2 is 0.740 bits per heavy atom. The highest BCUT2D eigenvalue weighted by atomic mass is 32.1. The molecule has 242 valence electrons. The van der Waals surface area contributed by atoms with Crippen LogP contribution in [-0.4, -0.2) is 20.2 Å². The van der Waals surface area contributed by atoms with Gasteiger partial charge in [-0.25, -0.2) is 9.97 Å². The lowest BCUT2D eigenvalue weighted by Crippen LogP contribution is -1.90. The van der Waals surface area contributed by atoms with Crippen LogP contribution in [0.5, 0.6) is 11.5 Å². The molecule has 4 nitrogen and oxygen atoms in total. The summed E-state index contributed by atoms with van der Waals surface area (Å²) >= 11 is 3.11. The summed E-state index contributed by atoms with van der Waals surface area (Å²) in [6, 6.07) is 44.3. The molecule has 8 rings (SSSR count). The lowest BCUT2D eigenvalue weighted by atomic mass is 9.92. The third-order valence-electron chi connectivity index (χ3n) is 8.86. The molecule has 0 saturated carbocycles. The summed E-state index contributed by atoms with van der Waals surface area (Å²) < 4.78 is 0. The first-order chi connectivity index (χ1) is 24.4. The zero-order valence-corrected chi connectivity index (χ0v) is 29.1. The molecule has 0 saturated heterocycles. The first kappa shape index (κ1) is 31.4. The number of hydrogen-bond acceptors (Lipinski definition) is 6. The number of nitrogens with zero attached hydrogens (tertiary/aromatic N) is 2. The minimum atomic E-state index is 0.253. The Labute approximate surface area is 299 Å². The highest BCUT2D eigenvalue weighted by Crippen LogP contribution is 2.45. The fraction of sp³-hybridized carbons (Fsp3) is 0.0455. The van der Waals surface area contributed by atoms with Gasteiger partial charge < -0.3 is 10.2 Å². The maximum Gasteiger partial charge on any atom is 0.152 e. The molecule has 50 heavy (non-hydrogen) atoms. The van der Waals surface area contributed by atoms with Crippen molar-refractivity contribution in [3.63, 3.8) is 0 Å². The summed E-state index contributed by atoms with van der Waals surface area (Å²) in [6.45, 7) is 4.11. The minimum Gasteiger partial charge on any atom is -0.507 e. The van der Waals surface area contributed by atoms with Gasteiger partial charge in [0.2, 0.25) is 0 Å². The van der Waals surface area contributed by atoms with Crippen LogP contribution in [0.15, 0.2) is 144 Å². The van der Waals surface area contributed by atoms with Gasteiger partial charge in [-0.2, -0.15) is 0 Å². The summed E-state index contributed by atoms with van der Waals surface area (Å²) in [4.78, 5) is 10.1. The molecule has 0 aliphatic heterocycles. The molecule has 0 bridgehead atoms. The van der Waals surface area contributed by atoms with Crippen molar-refractivity contribution >= 4 is 22.7 Å². The Balaban J connectivity index is 1.15. The zero-order valence-electron chi connectivity index (χ0n) is 27.5. The predicted octanol–water partition coefficient (Wildman–Crippen LogP) is 12.3. The molecule has 0 aliphatic carbocycles. The standard InChI is InChI=1S/C44H32N2O2S2/c1-27-21-35(29-13-5-3-6-14-29)41(47)37(23-27)31-17-9-11-19-33(31)39-25-49-43(45-39)44-46-40(26-50-44)34-20-12-10-18-32(34)38-24-28(2)22-36(42(38)48)30-15-7-4-8-16-30/h3-26,47-48H,1-2H3. The van der Waals surface area contributed by atoms with Crippen LogP contribution in [0, 0.1) is 13.8 Å². The van der Waals surface area contributed by atoms with Crippen LogP contribution >= 0.6 is 22.7 Å². The normalized spacial score (nSPS) is 11.2. The average molecular weight is 685 g/mol. The summed E-state index contributed by atoms with van der Waals surface area (Å²) in [5.74, 6) is 0.506. The van der Waals surface area contributed by atoms with Crippen LogP contribution in [0.3, 0.4) is 0 Å². The lowest BCUT2D eigenvalue weighted by Gasteiger charge is -2.15. The highest BCUT2D eigenvalue weighted by Gasteiger charge is 2.20. The van der Waals surface area contributed by atoms with E-state index in [1.165, 1.54) is 0 Å². The van der Waals surface area contributed by atoms with Crippen LogP contribution in [-0.2, 0) is 0 Å². The molecule has 0 atom stereocenters. The fourth-order valence-electron chi connectivity index (χ4n) is 6.52. The van der Waals surface area contributed by atoms with Gasteiger partial charge in [0.25, 0.3) is 0 Å². The molecule has 0 aliphatic rings. The van der Waals surface area contributed by atoms with Gasteiger partial charge in [0.05, 0.1) is 11.4 Å². The van der Waals surface area contributed by atoms with Crippen LogP contribution < -0.4 is 0 Å². The summed E-state index contributed by atoms with van der Waals surface area (Å²) in [5, 5.41) is 28.9. The molecule has 2 aromatic heterocycles. The van der Waals surface area contributed by atoms with Gasteiger partial charge in [0, 0.05) is 44.1 Å². The smallest absolute Gasteiger partial charge is 0.152 e. The molecule has 2 heterocycles. The van der Waals surface area contributed by atoms with E-state index in [1.54, 1.807) is 22.7 Å². The Morgan fingerprint density at radius 1 is 0.400 bits per heavy atom. The van der Waals surface area contributed by atoms with Gasteiger partial charge >= 0.3 is 0 Å². The monoisotopic (exact) mass is 684 g/mol. The molecule has 2 N–H and O–H groups in total. The molecule has 0 radical (unpaired) electrons. The number of aryl methyl sites for hydroxylation is 2. The molecule has 0 unspecified atom stereocenters. The summed E-state index contributed by atoms with van der Waals surface area (Å²) in [7, 11) is 0. The first-order valence-electron chi connectivity index (χ1n) is 16.3. The SMILES string of the molecule is Cc1cc(-c2ccccc2)c(O)c(-c2ccccc2-c2csc(-c3nc(-c4ccccc4-c4cc(C)cc(-c5ccccc5)c4O)cs3)n2)c1. The molecule has 0 fully saturated rings. The van der Waals surface area contributed by atoms with Gasteiger partial charge in [-0.3, -0.25) is 0 Å². The number of rotatable bonds is 7. The largest absolute Gasteiger partial charge is 0.507 e. The van der Waals surface area contributed by atoms with Gasteiger partial charge in [0.15, 0.2) is 10.0 Å². The lowest BCUT2D eigenvalue weighted by molar-refractivity contribution is 0.478. The molecular formula is C44H32N2O2S2. The van der Waals surface area contributed by atoms with Crippen molar-refractivity contribution in [3.05, 3.63) is 155 Å². The molecule has 6 aromatic carbocycles. The number of aromatic hydroxyl groups is 2. The molecule has 0 amide bonds. The van der Waals surface area contributed by atoms with Crippen molar-refractivity contribution in [2.45, 2.75) is 13.8 Å². The fourth-order valence-corrected chi connectivity index (χ4v) is 8.21.